The van der Waals surface area contributed by atoms with E-state index in [4.69, 9.17) is 16.7 Å². The average molecular weight is 299 g/mol. The number of aliphatic carboxylic acids is 1. The molecule has 0 aliphatic carbocycles. The molecule has 1 rings (SSSR count). The second-order valence-corrected chi connectivity index (χ2v) is 5.01. The van der Waals surface area contributed by atoms with Crippen LogP contribution in [0.15, 0.2) is 24.3 Å². The fourth-order valence-electron chi connectivity index (χ4n) is 1.80. The van der Waals surface area contributed by atoms with Crippen molar-refractivity contribution in [3.63, 3.8) is 0 Å². The monoisotopic (exact) mass is 298 g/mol. The number of nitrogens with one attached hydrogen (secondary N) is 2. The van der Waals surface area contributed by atoms with Crippen LogP contribution in [0.25, 0.3) is 0 Å². The topological polar surface area (TPSA) is 78.4 Å². The molecule has 1 unspecified atom stereocenters. The second kappa shape index (κ2) is 7.75. The Hall–Kier alpha value is -1.75. The molecule has 1 aromatic rings. The first-order chi connectivity index (χ1) is 9.43. The molecule has 2 atom stereocenters. The molecule has 0 saturated heterocycles. The fraction of sp³-hybridized carbons (Fsp3) is 0.429. The molecule has 20 heavy (non-hydrogen) atoms. The molecule has 0 saturated carbocycles. The summed E-state index contributed by atoms with van der Waals surface area (Å²) in [6.45, 7) is 3.67. The minimum atomic E-state index is -1.03. The summed E-state index contributed by atoms with van der Waals surface area (Å²) in [6.07, 6.45) is 1.08. The van der Waals surface area contributed by atoms with Gasteiger partial charge in [0.2, 0.25) is 0 Å². The quantitative estimate of drug-likeness (QED) is 0.755. The van der Waals surface area contributed by atoms with Crippen molar-refractivity contribution in [1.29, 1.82) is 0 Å². The van der Waals surface area contributed by atoms with E-state index < -0.39 is 18.0 Å². The summed E-state index contributed by atoms with van der Waals surface area (Å²) in [6, 6.07) is 5.52. The molecule has 5 nitrogen and oxygen atoms in total. The Morgan fingerprint density at radius 2 is 2.05 bits per heavy atom. The molecule has 0 spiro atoms. The van der Waals surface area contributed by atoms with Gasteiger partial charge < -0.3 is 15.7 Å². The lowest BCUT2D eigenvalue weighted by molar-refractivity contribution is -0.139. The number of amides is 2. The van der Waals surface area contributed by atoms with Crippen LogP contribution in [0.5, 0.6) is 0 Å². The number of urea groups is 1. The van der Waals surface area contributed by atoms with E-state index in [9.17, 15) is 9.59 Å². The maximum atomic E-state index is 11.8. The molecule has 110 valence electrons. The molecule has 1 aromatic carbocycles. The zero-order valence-corrected chi connectivity index (χ0v) is 12.3. The van der Waals surface area contributed by atoms with E-state index in [2.05, 4.69) is 10.6 Å². The van der Waals surface area contributed by atoms with Gasteiger partial charge in [-0.1, -0.05) is 37.1 Å². The van der Waals surface area contributed by atoms with E-state index in [0.717, 1.165) is 5.56 Å². The van der Waals surface area contributed by atoms with Crippen LogP contribution in [0, 0.1) is 0 Å². The zero-order valence-electron chi connectivity index (χ0n) is 11.5. The molecule has 0 aromatic heterocycles. The largest absolute Gasteiger partial charge is 0.480 e. The second-order valence-electron chi connectivity index (χ2n) is 4.57. The van der Waals surface area contributed by atoms with Crippen LogP contribution < -0.4 is 10.6 Å². The summed E-state index contributed by atoms with van der Waals surface area (Å²) in [7, 11) is 0. The van der Waals surface area contributed by atoms with E-state index in [1.165, 1.54) is 0 Å². The smallest absolute Gasteiger partial charge is 0.326 e. The number of benzene rings is 1. The summed E-state index contributed by atoms with van der Waals surface area (Å²) >= 11 is 5.89. The summed E-state index contributed by atoms with van der Waals surface area (Å²) in [5.74, 6) is -1.03. The van der Waals surface area contributed by atoms with Crippen LogP contribution in [0.2, 0.25) is 5.02 Å². The number of carbonyl (C=O) groups excluding carboxylic acids is 1. The van der Waals surface area contributed by atoms with Crippen molar-refractivity contribution in [3.05, 3.63) is 34.9 Å². The van der Waals surface area contributed by atoms with Gasteiger partial charge in [-0.3, -0.25) is 0 Å². The maximum absolute atomic E-state index is 11.8. The Morgan fingerprint density at radius 3 is 2.60 bits per heavy atom. The third-order valence-electron chi connectivity index (χ3n) is 2.88. The molecule has 0 bridgehead atoms. The fourth-order valence-corrected chi connectivity index (χ4v) is 2.00. The van der Waals surface area contributed by atoms with Crippen molar-refractivity contribution in [1.82, 2.24) is 10.6 Å². The lowest BCUT2D eigenvalue weighted by atomic mass is 10.1. The molecule has 0 radical (unpaired) electrons. The van der Waals surface area contributed by atoms with Crippen LogP contribution in [-0.4, -0.2) is 23.1 Å². The third kappa shape index (κ3) is 5.09. The first-order valence-electron chi connectivity index (χ1n) is 6.49. The number of hydrogen-bond donors (Lipinski definition) is 3. The average Bonchev–Trinajstić information content (AvgIpc) is 2.38. The minimum Gasteiger partial charge on any atom is -0.480 e. The number of carboxylic acids is 1. The first kappa shape index (κ1) is 16.3. The van der Waals surface area contributed by atoms with Crippen LogP contribution in [-0.2, 0) is 4.79 Å². The van der Waals surface area contributed by atoms with Gasteiger partial charge in [0.1, 0.15) is 6.04 Å². The lowest BCUT2D eigenvalue weighted by Crippen LogP contribution is -2.46. The van der Waals surface area contributed by atoms with Crippen LogP contribution in [0.1, 0.15) is 38.3 Å². The third-order valence-corrected chi connectivity index (χ3v) is 3.11. The van der Waals surface area contributed by atoms with Crippen molar-refractivity contribution in [2.75, 3.05) is 0 Å². The van der Waals surface area contributed by atoms with E-state index in [1.807, 2.05) is 13.0 Å². The molecule has 6 heteroatoms. The minimum absolute atomic E-state index is 0.259. The standard InChI is InChI=1S/C14H19ClN2O3/c1-3-5-12(13(18)19)17-14(20)16-9(2)10-6-4-7-11(15)8-10/h4,6-9,12H,3,5H2,1-2H3,(H,18,19)(H2,16,17,20)/t9?,12-/m1/s1. The molecule has 2 amide bonds. The predicted octanol–water partition coefficient (Wildman–Crippen LogP) is 2.95. The Morgan fingerprint density at radius 1 is 1.35 bits per heavy atom. The lowest BCUT2D eigenvalue weighted by Gasteiger charge is -2.18. The van der Waals surface area contributed by atoms with Crippen LogP contribution >= 0.6 is 11.6 Å². The number of hydrogen-bond acceptors (Lipinski definition) is 2. The van der Waals surface area contributed by atoms with Crippen molar-refractivity contribution in [2.24, 2.45) is 0 Å². The highest BCUT2D eigenvalue weighted by Crippen LogP contribution is 2.17. The Bertz CT molecular complexity index is 479. The van der Waals surface area contributed by atoms with Crippen LogP contribution in [0.4, 0.5) is 4.79 Å². The SMILES string of the molecule is CCC[C@@H](NC(=O)NC(C)c1cccc(Cl)c1)C(=O)O. The molecule has 0 aliphatic heterocycles. The first-order valence-corrected chi connectivity index (χ1v) is 6.87. The Labute approximate surface area is 123 Å². The maximum Gasteiger partial charge on any atom is 0.326 e. The molecule has 0 fully saturated rings. The van der Waals surface area contributed by atoms with Crippen molar-refractivity contribution in [2.45, 2.75) is 38.8 Å². The zero-order chi connectivity index (χ0) is 15.1. The van der Waals surface area contributed by atoms with E-state index >= 15 is 0 Å². The molecule has 0 heterocycles. The summed E-state index contributed by atoms with van der Waals surface area (Å²) in [4.78, 5) is 22.7. The van der Waals surface area contributed by atoms with Gasteiger partial charge in [0.25, 0.3) is 0 Å². The van der Waals surface area contributed by atoms with Gasteiger partial charge in [-0.05, 0) is 31.0 Å². The van der Waals surface area contributed by atoms with Gasteiger partial charge in [-0.2, -0.15) is 0 Å². The van der Waals surface area contributed by atoms with Gasteiger partial charge in [0.15, 0.2) is 0 Å². The van der Waals surface area contributed by atoms with E-state index in [1.54, 1.807) is 25.1 Å². The molecule has 0 aliphatic rings. The highest BCUT2D eigenvalue weighted by atomic mass is 35.5. The predicted molar refractivity (Wildman–Crippen MR) is 77.9 cm³/mol. The highest BCUT2D eigenvalue weighted by molar-refractivity contribution is 6.30. The molecule has 3 N–H and O–H groups in total. The number of rotatable bonds is 6. The number of carboxylic acid groups (broad SMARTS) is 1. The van der Waals surface area contributed by atoms with E-state index in [-0.39, 0.29) is 6.04 Å². The number of carbonyl (C=O) groups is 2. The number of halogens is 1. The summed E-state index contributed by atoms with van der Waals surface area (Å²) in [5, 5.41) is 14.7. The summed E-state index contributed by atoms with van der Waals surface area (Å²) < 4.78 is 0. The molecular formula is C14H19ClN2O3. The van der Waals surface area contributed by atoms with Crippen molar-refractivity contribution < 1.29 is 14.7 Å². The van der Waals surface area contributed by atoms with Gasteiger partial charge >= 0.3 is 12.0 Å². The van der Waals surface area contributed by atoms with Crippen LogP contribution in [0.3, 0.4) is 0 Å². The van der Waals surface area contributed by atoms with Gasteiger partial charge in [0.05, 0.1) is 6.04 Å². The Balaban J connectivity index is 2.59. The Kier molecular flexibility index (Phi) is 6.31. The van der Waals surface area contributed by atoms with Gasteiger partial charge in [-0.15, -0.1) is 0 Å². The summed E-state index contributed by atoms with van der Waals surface area (Å²) in [5.41, 5.74) is 0.856. The van der Waals surface area contributed by atoms with Crippen molar-refractivity contribution in [3.8, 4) is 0 Å². The van der Waals surface area contributed by atoms with Crippen molar-refractivity contribution >= 4 is 23.6 Å². The normalized spacial score (nSPS) is 13.3. The highest BCUT2D eigenvalue weighted by Gasteiger charge is 2.19. The van der Waals surface area contributed by atoms with Gasteiger partial charge in [0, 0.05) is 5.02 Å². The molecular weight excluding hydrogens is 280 g/mol. The van der Waals surface area contributed by atoms with Gasteiger partial charge in [-0.25, -0.2) is 9.59 Å². The van der Waals surface area contributed by atoms with E-state index in [0.29, 0.717) is 17.9 Å².